The van der Waals surface area contributed by atoms with Gasteiger partial charge in [-0.15, -0.1) is 0 Å². The van der Waals surface area contributed by atoms with Crippen molar-refractivity contribution in [2.45, 2.75) is 0 Å². The first-order valence-electron chi connectivity index (χ1n) is 5.60. The molecular formula is C14H14O5. The Hall–Kier alpha value is -2.43. The predicted octanol–water partition coefficient (Wildman–Crippen LogP) is 2.75. The van der Waals surface area contributed by atoms with Crippen LogP contribution in [0.3, 0.4) is 0 Å². The van der Waals surface area contributed by atoms with Gasteiger partial charge in [0.05, 0.1) is 26.9 Å². The van der Waals surface area contributed by atoms with Crippen LogP contribution in [-0.4, -0.2) is 27.3 Å². The molecule has 1 heterocycles. The SMILES string of the molecule is COC(=O)c1ccc(-c2cccc(OC)c2OC)o1. The van der Waals surface area contributed by atoms with Crippen LogP contribution in [0.25, 0.3) is 11.3 Å². The number of para-hydroxylation sites is 1. The minimum absolute atomic E-state index is 0.141. The Kier molecular flexibility index (Phi) is 3.75. The summed E-state index contributed by atoms with van der Waals surface area (Å²) >= 11 is 0. The van der Waals surface area contributed by atoms with Gasteiger partial charge in [0.1, 0.15) is 5.76 Å². The van der Waals surface area contributed by atoms with E-state index in [2.05, 4.69) is 4.74 Å². The zero-order chi connectivity index (χ0) is 13.8. The number of hydrogen-bond acceptors (Lipinski definition) is 5. The molecule has 0 bridgehead atoms. The molecule has 0 fully saturated rings. The van der Waals surface area contributed by atoms with Crippen molar-refractivity contribution in [2.75, 3.05) is 21.3 Å². The van der Waals surface area contributed by atoms with Gasteiger partial charge >= 0.3 is 5.97 Å². The van der Waals surface area contributed by atoms with E-state index in [1.807, 2.05) is 12.1 Å². The Morgan fingerprint density at radius 1 is 1.05 bits per heavy atom. The van der Waals surface area contributed by atoms with E-state index >= 15 is 0 Å². The van der Waals surface area contributed by atoms with E-state index in [0.717, 1.165) is 0 Å². The standard InChI is InChI=1S/C14H14O5/c1-16-11-6-4-5-9(13(11)17-2)10-7-8-12(19-10)14(15)18-3/h4-8H,1-3H3. The van der Waals surface area contributed by atoms with Gasteiger partial charge in [0.25, 0.3) is 0 Å². The van der Waals surface area contributed by atoms with Crippen LogP contribution in [0.2, 0.25) is 0 Å². The van der Waals surface area contributed by atoms with E-state index in [1.54, 1.807) is 32.4 Å². The zero-order valence-corrected chi connectivity index (χ0v) is 10.9. The lowest BCUT2D eigenvalue weighted by Gasteiger charge is -2.10. The molecule has 0 aliphatic rings. The summed E-state index contributed by atoms with van der Waals surface area (Å²) in [7, 11) is 4.41. The first-order chi connectivity index (χ1) is 9.21. The summed E-state index contributed by atoms with van der Waals surface area (Å²) in [5.41, 5.74) is 0.706. The van der Waals surface area contributed by atoms with Crippen molar-refractivity contribution in [2.24, 2.45) is 0 Å². The van der Waals surface area contributed by atoms with Gasteiger partial charge in [-0.25, -0.2) is 4.79 Å². The molecule has 5 nitrogen and oxygen atoms in total. The van der Waals surface area contributed by atoms with Crippen LogP contribution >= 0.6 is 0 Å². The van der Waals surface area contributed by atoms with Gasteiger partial charge in [-0.1, -0.05) is 6.07 Å². The van der Waals surface area contributed by atoms with Crippen LogP contribution in [0, 0.1) is 0 Å². The summed E-state index contributed by atoms with van der Waals surface area (Å²) in [4.78, 5) is 11.4. The molecule has 0 saturated carbocycles. The number of benzene rings is 1. The summed E-state index contributed by atoms with van der Waals surface area (Å²) in [6, 6.07) is 8.66. The molecule has 0 unspecified atom stereocenters. The lowest BCUT2D eigenvalue weighted by Crippen LogP contribution is -1.98. The van der Waals surface area contributed by atoms with Crippen molar-refractivity contribution in [3.8, 4) is 22.8 Å². The number of esters is 1. The molecule has 19 heavy (non-hydrogen) atoms. The Bertz CT molecular complexity index is 585. The third kappa shape index (κ3) is 2.40. The number of rotatable bonds is 4. The fourth-order valence-electron chi connectivity index (χ4n) is 1.77. The summed E-state index contributed by atoms with van der Waals surface area (Å²) in [5.74, 6) is 1.28. The van der Waals surface area contributed by atoms with Crippen molar-refractivity contribution < 1.29 is 23.4 Å². The number of furan rings is 1. The second kappa shape index (κ2) is 5.48. The second-order valence-electron chi connectivity index (χ2n) is 3.70. The number of carbonyl (C=O) groups excluding carboxylic acids is 1. The van der Waals surface area contributed by atoms with Crippen LogP contribution in [-0.2, 0) is 4.74 Å². The molecule has 0 amide bonds. The van der Waals surface area contributed by atoms with Gasteiger partial charge in [0.15, 0.2) is 11.5 Å². The molecule has 0 aliphatic carbocycles. The van der Waals surface area contributed by atoms with Gasteiger partial charge in [0.2, 0.25) is 5.76 Å². The number of hydrogen-bond donors (Lipinski definition) is 0. The highest BCUT2D eigenvalue weighted by atomic mass is 16.5. The molecule has 5 heteroatoms. The Morgan fingerprint density at radius 3 is 2.47 bits per heavy atom. The van der Waals surface area contributed by atoms with E-state index in [0.29, 0.717) is 22.8 Å². The third-order valence-corrected chi connectivity index (χ3v) is 2.66. The summed E-state index contributed by atoms with van der Waals surface area (Å²) in [6.45, 7) is 0. The van der Waals surface area contributed by atoms with Crippen LogP contribution in [0.5, 0.6) is 11.5 Å². The van der Waals surface area contributed by atoms with Crippen LogP contribution in [0.4, 0.5) is 0 Å². The smallest absolute Gasteiger partial charge is 0.373 e. The summed E-state index contributed by atoms with van der Waals surface area (Å²) < 4.78 is 20.6. The van der Waals surface area contributed by atoms with Crippen molar-refractivity contribution >= 4 is 5.97 Å². The molecule has 0 atom stereocenters. The van der Waals surface area contributed by atoms with Crippen molar-refractivity contribution in [1.29, 1.82) is 0 Å². The van der Waals surface area contributed by atoms with Crippen LogP contribution in [0.15, 0.2) is 34.7 Å². The highest BCUT2D eigenvalue weighted by Crippen LogP contribution is 2.38. The quantitative estimate of drug-likeness (QED) is 0.793. The van der Waals surface area contributed by atoms with Gasteiger partial charge in [-0.05, 0) is 24.3 Å². The summed E-state index contributed by atoms with van der Waals surface area (Å²) in [5, 5.41) is 0. The highest BCUT2D eigenvalue weighted by molar-refractivity contribution is 5.87. The molecule has 100 valence electrons. The molecule has 0 saturated heterocycles. The maximum Gasteiger partial charge on any atom is 0.373 e. The Morgan fingerprint density at radius 2 is 1.84 bits per heavy atom. The van der Waals surface area contributed by atoms with E-state index in [4.69, 9.17) is 13.9 Å². The van der Waals surface area contributed by atoms with Crippen molar-refractivity contribution in [1.82, 2.24) is 0 Å². The molecule has 1 aromatic carbocycles. The molecular weight excluding hydrogens is 248 g/mol. The van der Waals surface area contributed by atoms with E-state index in [1.165, 1.54) is 7.11 Å². The van der Waals surface area contributed by atoms with Crippen LogP contribution < -0.4 is 9.47 Å². The molecule has 1 aromatic heterocycles. The first kappa shape index (κ1) is 13.0. The van der Waals surface area contributed by atoms with Crippen molar-refractivity contribution in [3.05, 3.63) is 36.1 Å². The van der Waals surface area contributed by atoms with Gasteiger partial charge in [-0.2, -0.15) is 0 Å². The molecule has 0 N–H and O–H groups in total. The third-order valence-electron chi connectivity index (χ3n) is 2.66. The average molecular weight is 262 g/mol. The lowest BCUT2D eigenvalue weighted by atomic mass is 10.1. The average Bonchev–Trinajstić information content (AvgIpc) is 2.95. The minimum atomic E-state index is -0.520. The van der Waals surface area contributed by atoms with E-state index < -0.39 is 5.97 Å². The molecule has 0 radical (unpaired) electrons. The number of methoxy groups -OCH3 is 3. The Labute approximate surface area is 110 Å². The maximum atomic E-state index is 11.4. The fourth-order valence-corrected chi connectivity index (χ4v) is 1.77. The lowest BCUT2D eigenvalue weighted by molar-refractivity contribution is 0.0566. The number of ether oxygens (including phenoxy) is 3. The topological polar surface area (TPSA) is 57.9 Å². The zero-order valence-electron chi connectivity index (χ0n) is 10.9. The molecule has 0 aliphatic heterocycles. The molecule has 2 aromatic rings. The van der Waals surface area contributed by atoms with Gasteiger partial charge in [0, 0.05) is 0 Å². The predicted molar refractivity (Wildman–Crippen MR) is 68.6 cm³/mol. The summed E-state index contributed by atoms with van der Waals surface area (Å²) in [6.07, 6.45) is 0. The molecule has 0 spiro atoms. The van der Waals surface area contributed by atoms with Crippen molar-refractivity contribution in [3.63, 3.8) is 0 Å². The Balaban J connectivity index is 2.47. The van der Waals surface area contributed by atoms with Crippen LogP contribution in [0.1, 0.15) is 10.6 Å². The van der Waals surface area contributed by atoms with Gasteiger partial charge < -0.3 is 18.6 Å². The second-order valence-corrected chi connectivity index (χ2v) is 3.70. The fraction of sp³-hybridized carbons (Fsp3) is 0.214. The molecule has 2 rings (SSSR count). The van der Waals surface area contributed by atoms with E-state index in [-0.39, 0.29) is 5.76 Å². The largest absolute Gasteiger partial charge is 0.493 e. The number of carbonyl (C=O) groups is 1. The highest BCUT2D eigenvalue weighted by Gasteiger charge is 2.17. The maximum absolute atomic E-state index is 11.4. The first-order valence-corrected chi connectivity index (χ1v) is 5.60. The normalized spacial score (nSPS) is 10.1. The van der Waals surface area contributed by atoms with Gasteiger partial charge in [-0.3, -0.25) is 0 Å². The minimum Gasteiger partial charge on any atom is -0.493 e. The monoisotopic (exact) mass is 262 g/mol. The van der Waals surface area contributed by atoms with E-state index in [9.17, 15) is 4.79 Å².